The number of nitrogens with one attached hydrogen (secondary N) is 1. The summed E-state index contributed by atoms with van der Waals surface area (Å²) in [5.41, 5.74) is 2.29. The van der Waals surface area contributed by atoms with E-state index in [1.165, 1.54) is 0 Å². The van der Waals surface area contributed by atoms with E-state index in [1.54, 1.807) is 24.3 Å². The number of hydrogen-bond donors (Lipinski definition) is 1. The van der Waals surface area contributed by atoms with Crippen LogP contribution < -0.4 is 5.32 Å². The maximum Gasteiger partial charge on any atom is 0.236 e. The van der Waals surface area contributed by atoms with Gasteiger partial charge in [-0.1, -0.05) is 65.1 Å². The first-order valence-corrected chi connectivity index (χ1v) is 11.2. The molecule has 1 aliphatic carbocycles. The van der Waals surface area contributed by atoms with Crippen molar-refractivity contribution in [1.29, 1.82) is 0 Å². The SMILES string of the molecule is O=C1C[C@H](c2cccc(Cl)c2)C2(C(=O)Nc3cc(Cl)ccc32)[C@H](c2cccc(Cl)c2)C1. The van der Waals surface area contributed by atoms with Crippen molar-refractivity contribution in [1.82, 2.24) is 0 Å². The minimum Gasteiger partial charge on any atom is -0.325 e. The minimum absolute atomic E-state index is 0.107. The standard InChI is InChI=1S/C25H18Cl3NO2/c26-16-5-1-3-14(9-16)21-12-19(30)13-22(15-4-2-6-17(27)10-15)25(21)20-8-7-18(28)11-23(20)29-24(25)31/h1-11,21-22H,12-13H2,(H,29,31)/t21-,22+,25?. The highest BCUT2D eigenvalue weighted by Crippen LogP contribution is 2.60. The van der Waals surface area contributed by atoms with Crippen molar-refractivity contribution in [2.45, 2.75) is 30.1 Å². The van der Waals surface area contributed by atoms with E-state index < -0.39 is 5.41 Å². The first-order chi connectivity index (χ1) is 14.9. The molecule has 1 N–H and O–H groups in total. The van der Waals surface area contributed by atoms with Crippen molar-refractivity contribution in [3.8, 4) is 0 Å². The molecule has 3 atom stereocenters. The molecule has 3 aromatic carbocycles. The first kappa shape index (κ1) is 20.6. The van der Waals surface area contributed by atoms with Crippen molar-refractivity contribution >= 4 is 52.2 Å². The minimum atomic E-state index is -0.983. The molecule has 1 saturated carbocycles. The Bertz CT molecular complexity index is 1170. The molecule has 2 aliphatic rings. The van der Waals surface area contributed by atoms with Crippen LogP contribution in [0.4, 0.5) is 5.69 Å². The highest BCUT2D eigenvalue weighted by molar-refractivity contribution is 6.31. The van der Waals surface area contributed by atoms with Gasteiger partial charge in [0.25, 0.3) is 0 Å². The number of benzene rings is 3. The maximum atomic E-state index is 13.8. The van der Waals surface area contributed by atoms with Gasteiger partial charge in [0.2, 0.25) is 5.91 Å². The summed E-state index contributed by atoms with van der Waals surface area (Å²) in [4.78, 5) is 26.8. The summed E-state index contributed by atoms with van der Waals surface area (Å²) < 4.78 is 0. The predicted molar refractivity (Wildman–Crippen MR) is 124 cm³/mol. The van der Waals surface area contributed by atoms with Crippen LogP contribution in [0.3, 0.4) is 0 Å². The monoisotopic (exact) mass is 469 g/mol. The fraction of sp³-hybridized carbons (Fsp3) is 0.200. The highest BCUT2D eigenvalue weighted by atomic mass is 35.5. The zero-order chi connectivity index (χ0) is 21.8. The lowest BCUT2D eigenvalue weighted by Crippen LogP contribution is -2.50. The smallest absolute Gasteiger partial charge is 0.236 e. The third-order valence-electron chi connectivity index (χ3n) is 6.52. The second-order valence-corrected chi connectivity index (χ2v) is 9.48. The van der Waals surface area contributed by atoms with E-state index in [0.717, 1.165) is 16.7 Å². The van der Waals surface area contributed by atoms with E-state index in [9.17, 15) is 9.59 Å². The molecule has 1 aliphatic heterocycles. The number of Topliss-reactive ketones (excluding diaryl/α,β-unsaturated/α-hetero) is 1. The predicted octanol–water partition coefficient (Wildman–Crippen LogP) is 6.77. The molecule has 1 fully saturated rings. The Kier molecular flexibility index (Phi) is 5.09. The van der Waals surface area contributed by atoms with Gasteiger partial charge in [-0.25, -0.2) is 0 Å². The molecule has 1 unspecified atom stereocenters. The van der Waals surface area contributed by atoms with Crippen LogP contribution in [0.2, 0.25) is 15.1 Å². The second-order valence-electron chi connectivity index (χ2n) is 8.18. The molecule has 5 rings (SSSR count). The molecule has 1 heterocycles. The topological polar surface area (TPSA) is 46.2 Å². The van der Waals surface area contributed by atoms with Crippen molar-refractivity contribution in [2.75, 3.05) is 5.32 Å². The number of carbonyl (C=O) groups is 2. The summed E-state index contributed by atoms with van der Waals surface area (Å²) in [6, 6.07) is 20.3. The van der Waals surface area contributed by atoms with Gasteiger partial charge >= 0.3 is 0 Å². The van der Waals surface area contributed by atoms with E-state index in [1.807, 2.05) is 42.5 Å². The summed E-state index contributed by atoms with van der Waals surface area (Å²) >= 11 is 18.8. The summed E-state index contributed by atoms with van der Waals surface area (Å²) in [6.45, 7) is 0. The molecule has 6 heteroatoms. The van der Waals surface area contributed by atoms with E-state index in [0.29, 0.717) is 20.8 Å². The fourth-order valence-corrected chi connectivity index (χ4v) is 5.90. The highest BCUT2D eigenvalue weighted by Gasteiger charge is 2.60. The van der Waals surface area contributed by atoms with Crippen LogP contribution in [0.5, 0.6) is 0 Å². The lowest BCUT2D eigenvalue weighted by molar-refractivity contribution is -0.128. The van der Waals surface area contributed by atoms with E-state index >= 15 is 0 Å². The lowest BCUT2D eigenvalue weighted by Gasteiger charge is -2.46. The van der Waals surface area contributed by atoms with Crippen molar-refractivity contribution in [3.63, 3.8) is 0 Å². The Morgan fingerprint density at radius 2 is 1.29 bits per heavy atom. The quantitative estimate of drug-likeness (QED) is 0.449. The summed E-state index contributed by atoms with van der Waals surface area (Å²) in [6.07, 6.45) is 0.514. The van der Waals surface area contributed by atoms with Gasteiger partial charge in [-0.2, -0.15) is 0 Å². The van der Waals surface area contributed by atoms with Gasteiger partial charge in [0, 0.05) is 45.4 Å². The third kappa shape index (κ3) is 3.27. The molecular formula is C25H18Cl3NO2. The van der Waals surface area contributed by atoms with Crippen LogP contribution in [0, 0.1) is 0 Å². The van der Waals surface area contributed by atoms with Gasteiger partial charge < -0.3 is 5.32 Å². The van der Waals surface area contributed by atoms with Gasteiger partial charge in [-0.3, -0.25) is 9.59 Å². The molecule has 3 nitrogen and oxygen atoms in total. The van der Waals surface area contributed by atoms with Gasteiger partial charge in [-0.15, -0.1) is 0 Å². The number of anilines is 1. The number of carbonyl (C=O) groups excluding carboxylic acids is 2. The van der Waals surface area contributed by atoms with Gasteiger partial charge in [0.1, 0.15) is 5.78 Å². The average molecular weight is 471 g/mol. The van der Waals surface area contributed by atoms with E-state index in [2.05, 4.69) is 5.32 Å². The number of fused-ring (bicyclic) bond motifs is 2. The number of ketones is 1. The Labute approximate surface area is 195 Å². The molecule has 31 heavy (non-hydrogen) atoms. The van der Waals surface area contributed by atoms with Gasteiger partial charge in [0.15, 0.2) is 0 Å². The molecule has 1 amide bonds. The molecule has 0 aromatic heterocycles. The number of rotatable bonds is 2. The van der Waals surface area contributed by atoms with E-state index in [-0.39, 0.29) is 36.4 Å². The zero-order valence-corrected chi connectivity index (χ0v) is 18.6. The molecule has 3 aromatic rings. The second kappa shape index (κ2) is 7.67. The summed E-state index contributed by atoms with van der Waals surface area (Å²) in [5.74, 6) is -0.777. The molecule has 0 radical (unpaired) electrons. The fourth-order valence-electron chi connectivity index (χ4n) is 5.33. The van der Waals surface area contributed by atoms with Crippen LogP contribution in [0.1, 0.15) is 41.4 Å². The molecule has 0 saturated heterocycles. The van der Waals surface area contributed by atoms with Gasteiger partial charge in [0.05, 0.1) is 5.41 Å². The van der Waals surface area contributed by atoms with Crippen molar-refractivity contribution in [2.24, 2.45) is 0 Å². The van der Waals surface area contributed by atoms with E-state index in [4.69, 9.17) is 34.8 Å². The largest absolute Gasteiger partial charge is 0.325 e. The van der Waals surface area contributed by atoms with Crippen LogP contribution in [0.25, 0.3) is 0 Å². The Morgan fingerprint density at radius 1 is 0.742 bits per heavy atom. The van der Waals surface area contributed by atoms with Crippen LogP contribution in [-0.2, 0) is 15.0 Å². The molecule has 0 bridgehead atoms. The number of halogens is 3. The van der Waals surface area contributed by atoms with Crippen molar-refractivity contribution in [3.05, 3.63) is 98.5 Å². The number of amides is 1. The molecule has 156 valence electrons. The lowest BCUT2D eigenvalue weighted by atomic mass is 9.54. The first-order valence-electron chi connectivity index (χ1n) is 10.0. The number of hydrogen-bond acceptors (Lipinski definition) is 2. The summed E-state index contributed by atoms with van der Waals surface area (Å²) in [7, 11) is 0. The molecule has 1 spiro atoms. The zero-order valence-electron chi connectivity index (χ0n) is 16.4. The maximum absolute atomic E-state index is 13.8. The Balaban J connectivity index is 1.81. The van der Waals surface area contributed by atoms with Crippen molar-refractivity contribution < 1.29 is 9.59 Å². The molecular weight excluding hydrogens is 453 g/mol. The van der Waals surface area contributed by atoms with Crippen LogP contribution in [0.15, 0.2) is 66.7 Å². The Morgan fingerprint density at radius 3 is 1.84 bits per heavy atom. The normalized spacial score (nSPS) is 24.9. The average Bonchev–Trinajstić information content (AvgIpc) is 3.01. The van der Waals surface area contributed by atoms with Crippen LogP contribution >= 0.6 is 34.8 Å². The van der Waals surface area contributed by atoms with Gasteiger partial charge in [-0.05, 0) is 53.1 Å². The third-order valence-corrected chi connectivity index (χ3v) is 7.22. The summed E-state index contributed by atoms with van der Waals surface area (Å²) in [5, 5.41) is 4.72. The van der Waals surface area contributed by atoms with Crippen LogP contribution in [-0.4, -0.2) is 11.7 Å². The Hall–Kier alpha value is -2.33.